The maximum atomic E-state index is 12.3. The van der Waals surface area contributed by atoms with Gasteiger partial charge in [0.05, 0.1) is 6.26 Å². The molecule has 2 aliphatic heterocycles. The van der Waals surface area contributed by atoms with Gasteiger partial charge in [0.2, 0.25) is 10.0 Å². The fourth-order valence-corrected chi connectivity index (χ4v) is 4.91. The number of aliphatic imine (C=N–C) groups is 2. The lowest BCUT2D eigenvalue weighted by Crippen LogP contribution is -2.44. The Morgan fingerprint density at radius 1 is 1.14 bits per heavy atom. The average molecular weight is 427 g/mol. The van der Waals surface area contributed by atoms with Crippen molar-refractivity contribution in [1.29, 1.82) is 0 Å². The number of pyridine rings is 1. The Bertz CT molecular complexity index is 1220. The molecule has 0 aromatic carbocycles. The Labute approximate surface area is 172 Å². The van der Waals surface area contributed by atoms with Crippen molar-refractivity contribution >= 4 is 38.7 Å². The molecule has 0 N–H and O–H groups in total. The Morgan fingerprint density at radius 3 is 2.69 bits per heavy atom. The van der Waals surface area contributed by atoms with E-state index in [0.717, 1.165) is 40.5 Å². The van der Waals surface area contributed by atoms with Crippen molar-refractivity contribution in [3.63, 3.8) is 0 Å². The lowest BCUT2D eigenvalue weighted by atomic mass is 10.1. The van der Waals surface area contributed by atoms with E-state index in [2.05, 4.69) is 14.9 Å². The van der Waals surface area contributed by atoms with Gasteiger partial charge in [0.15, 0.2) is 11.6 Å². The first kappa shape index (κ1) is 18.2. The summed E-state index contributed by atoms with van der Waals surface area (Å²) in [5.74, 6) is 1.63. The number of nitrogens with zero attached hydrogens (tertiary/aromatic N) is 6. The summed E-state index contributed by atoms with van der Waals surface area (Å²) in [5, 5.41) is 2.01. The van der Waals surface area contributed by atoms with Crippen molar-refractivity contribution in [3.05, 3.63) is 64.5 Å². The third-order valence-corrected chi connectivity index (χ3v) is 6.87. The molecule has 29 heavy (non-hydrogen) atoms. The molecule has 3 aromatic rings. The van der Waals surface area contributed by atoms with Crippen LogP contribution in [0.2, 0.25) is 0 Å². The predicted molar refractivity (Wildman–Crippen MR) is 113 cm³/mol. The van der Waals surface area contributed by atoms with E-state index in [4.69, 9.17) is 9.98 Å². The third-order valence-electron chi connectivity index (χ3n) is 4.93. The summed E-state index contributed by atoms with van der Waals surface area (Å²) in [5.41, 5.74) is 1.14. The van der Waals surface area contributed by atoms with Crippen LogP contribution < -0.4 is 0 Å². The van der Waals surface area contributed by atoms with Crippen molar-refractivity contribution in [1.82, 2.24) is 18.8 Å². The van der Waals surface area contributed by atoms with Gasteiger partial charge >= 0.3 is 0 Å². The van der Waals surface area contributed by atoms with Crippen LogP contribution in [0.4, 0.5) is 5.82 Å². The predicted octanol–water partition coefficient (Wildman–Crippen LogP) is 2.48. The van der Waals surface area contributed by atoms with Gasteiger partial charge in [-0.3, -0.25) is 4.99 Å². The first-order valence-corrected chi connectivity index (χ1v) is 11.9. The third kappa shape index (κ3) is 3.18. The number of hydrogen-bond acceptors (Lipinski definition) is 8. The van der Waals surface area contributed by atoms with E-state index in [-0.39, 0.29) is 11.9 Å². The molecule has 1 saturated heterocycles. The standard InChI is InChI=1S/C19H18N6O2S2/c1-29(26,27)25-11-8-21-18(25)15-13-5-2-7-20-17(13)23-19(24-9-4-10-24)16(22-15)14-6-3-12-28-14/h2-3,5-8,11-12,16H,4,9-10H2,1H3. The Morgan fingerprint density at radius 2 is 2.00 bits per heavy atom. The van der Waals surface area contributed by atoms with Crippen LogP contribution in [0.1, 0.15) is 28.7 Å². The van der Waals surface area contributed by atoms with E-state index in [1.54, 1.807) is 23.6 Å². The number of amidine groups is 1. The Kier molecular flexibility index (Phi) is 4.32. The first-order chi connectivity index (χ1) is 14.0. The van der Waals surface area contributed by atoms with Crippen LogP contribution in [0.15, 0.2) is 58.2 Å². The van der Waals surface area contributed by atoms with Crippen LogP contribution in [0.3, 0.4) is 0 Å². The normalized spacial score (nSPS) is 19.1. The lowest BCUT2D eigenvalue weighted by Gasteiger charge is -2.35. The number of imidazole rings is 1. The van der Waals surface area contributed by atoms with E-state index >= 15 is 0 Å². The van der Waals surface area contributed by atoms with Crippen LogP contribution in [0.25, 0.3) is 0 Å². The number of rotatable bonds is 3. The Balaban J connectivity index is 1.77. The monoisotopic (exact) mass is 426 g/mol. The zero-order valence-corrected chi connectivity index (χ0v) is 17.3. The molecule has 2 aliphatic rings. The summed E-state index contributed by atoms with van der Waals surface area (Å²) in [6.45, 7) is 1.84. The minimum Gasteiger partial charge on any atom is -0.358 e. The molecule has 0 spiro atoms. The molecule has 0 aliphatic carbocycles. The highest BCUT2D eigenvalue weighted by molar-refractivity contribution is 7.89. The van der Waals surface area contributed by atoms with Crippen LogP contribution >= 0.6 is 11.3 Å². The van der Waals surface area contributed by atoms with Gasteiger partial charge in [-0.05, 0) is 30.0 Å². The molecular weight excluding hydrogens is 408 g/mol. The molecule has 10 heteroatoms. The van der Waals surface area contributed by atoms with Gasteiger partial charge in [-0.15, -0.1) is 11.3 Å². The highest BCUT2D eigenvalue weighted by atomic mass is 32.2. The maximum absolute atomic E-state index is 12.3. The molecular formula is C19H18N6O2S2. The minimum atomic E-state index is -3.54. The number of fused-ring (bicyclic) bond motifs is 1. The molecule has 1 unspecified atom stereocenters. The molecule has 0 bridgehead atoms. The summed E-state index contributed by atoms with van der Waals surface area (Å²) in [6.07, 6.45) is 6.85. The zero-order valence-electron chi connectivity index (χ0n) is 15.6. The molecule has 3 aromatic heterocycles. The van der Waals surface area contributed by atoms with E-state index in [9.17, 15) is 8.42 Å². The largest absolute Gasteiger partial charge is 0.358 e. The molecule has 148 valence electrons. The van der Waals surface area contributed by atoms with E-state index in [1.165, 1.54) is 12.4 Å². The molecule has 8 nitrogen and oxygen atoms in total. The van der Waals surface area contributed by atoms with Gasteiger partial charge in [0.1, 0.15) is 17.6 Å². The summed E-state index contributed by atoms with van der Waals surface area (Å²) >= 11 is 1.60. The SMILES string of the molecule is CS(=O)(=O)n1ccnc1C1=NC(c2cccs2)C(N2CCC2)=Nc2ncccc21. The number of likely N-dealkylation sites (tertiary alicyclic amines) is 1. The highest BCUT2D eigenvalue weighted by Crippen LogP contribution is 2.34. The topological polar surface area (TPSA) is 92.8 Å². The lowest BCUT2D eigenvalue weighted by molar-refractivity contribution is 0.291. The van der Waals surface area contributed by atoms with Gasteiger partial charge < -0.3 is 4.90 Å². The minimum absolute atomic E-state index is 0.267. The van der Waals surface area contributed by atoms with Gasteiger partial charge in [-0.25, -0.2) is 27.4 Å². The van der Waals surface area contributed by atoms with E-state index in [1.807, 2.05) is 23.6 Å². The molecule has 0 amide bonds. The summed E-state index contributed by atoms with van der Waals surface area (Å²) in [7, 11) is -3.54. The van der Waals surface area contributed by atoms with Crippen LogP contribution in [0.5, 0.6) is 0 Å². The van der Waals surface area contributed by atoms with Gasteiger partial charge in [0.25, 0.3) is 0 Å². The molecule has 1 atom stereocenters. The second-order valence-electron chi connectivity index (χ2n) is 6.89. The average Bonchev–Trinajstić information content (AvgIpc) is 3.31. The van der Waals surface area contributed by atoms with Crippen LogP contribution in [0, 0.1) is 0 Å². The summed E-state index contributed by atoms with van der Waals surface area (Å²) in [4.78, 5) is 22.0. The van der Waals surface area contributed by atoms with Crippen molar-refractivity contribution in [3.8, 4) is 0 Å². The van der Waals surface area contributed by atoms with Crippen LogP contribution in [-0.4, -0.2) is 58.2 Å². The molecule has 5 rings (SSSR count). The van der Waals surface area contributed by atoms with Crippen LogP contribution in [-0.2, 0) is 10.0 Å². The molecule has 1 fully saturated rings. The number of hydrogen-bond donors (Lipinski definition) is 0. The van der Waals surface area contributed by atoms with Crippen molar-refractivity contribution in [2.45, 2.75) is 12.5 Å². The first-order valence-electron chi connectivity index (χ1n) is 9.17. The van der Waals surface area contributed by atoms with Gasteiger partial charge in [-0.1, -0.05) is 6.07 Å². The quantitative estimate of drug-likeness (QED) is 0.641. The summed E-state index contributed by atoms with van der Waals surface area (Å²) in [6, 6.07) is 7.32. The molecule has 0 saturated carbocycles. The fraction of sp³-hybridized carbons (Fsp3) is 0.263. The molecule has 5 heterocycles. The highest BCUT2D eigenvalue weighted by Gasteiger charge is 2.33. The van der Waals surface area contributed by atoms with Crippen molar-refractivity contribution in [2.75, 3.05) is 19.3 Å². The van der Waals surface area contributed by atoms with E-state index in [0.29, 0.717) is 17.1 Å². The zero-order chi connectivity index (χ0) is 20.0. The van der Waals surface area contributed by atoms with E-state index < -0.39 is 10.0 Å². The second-order valence-corrected chi connectivity index (χ2v) is 9.73. The van der Waals surface area contributed by atoms with Crippen molar-refractivity contribution in [2.24, 2.45) is 9.98 Å². The summed E-state index contributed by atoms with van der Waals surface area (Å²) < 4.78 is 25.8. The maximum Gasteiger partial charge on any atom is 0.237 e. The van der Waals surface area contributed by atoms with Crippen molar-refractivity contribution < 1.29 is 8.42 Å². The number of thiophene rings is 1. The van der Waals surface area contributed by atoms with Gasteiger partial charge in [-0.2, -0.15) is 0 Å². The smallest absolute Gasteiger partial charge is 0.237 e. The molecule has 0 radical (unpaired) electrons. The number of aromatic nitrogens is 3. The fourth-order valence-electron chi connectivity index (χ4n) is 3.43. The van der Waals surface area contributed by atoms with Gasteiger partial charge in [0, 0.05) is 42.1 Å². The Hall–Kier alpha value is -2.85. The second kappa shape index (κ2) is 6.89.